The van der Waals surface area contributed by atoms with Gasteiger partial charge in [-0.05, 0) is 51.0 Å². The molecule has 0 aromatic heterocycles. The normalized spacial score (nSPS) is 11.1. The fourth-order valence-corrected chi connectivity index (χ4v) is 1.44. The standard InChI is InChI=1S/C14H20O3/c1-6-10-7-11(9-12(8-10)16-5)13(15)17-14(2,3)4/h7-9H,6H2,1-5H3. The number of carbonyl (C=O) groups is 1. The van der Waals surface area contributed by atoms with Gasteiger partial charge in [0.2, 0.25) is 0 Å². The first-order chi connectivity index (χ1) is 7.85. The minimum atomic E-state index is -0.480. The maximum atomic E-state index is 11.9. The Balaban J connectivity index is 3.00. The van der Waals surface area contributed by atoms with Crippen LogP contribution >= 0.6 is 0 Å². The van der Waals surface area contributed by atoms with E-state index in [0.29, 0.717) is 11.3 Å². The number of benzene rings is 1. The first kappa shape index (κ1) is 13.6. The van der Waals surface area contributed by atoms with Crippen LogP contribution in [-0.2, 0) is 11.2 Å². The summed E-state index contributed by atoms with van der Waals surface area (Å²) in [6.45, 7) is 7.59. The van der Waals surface area contributed by atoms with Crippen molar-refractivity contribution in [2.75, 3.05) is 7.11 Å². The monoisotopic (exact) mass is 236 g/mol. The van der Waals surface area contributed by atoms with Crippen LogP contribution in [0.4, 0.5) is 0 Å². The average molecular weight is 236 g/mol. The van der Waals surface area contributed by atoms with Gasteiger partial charge in [-0.15, -0.1) is 0 Å². The summed E-state index contributed by atoms with van der Waals surface area (Å²) in [5.74, 6) is 0.372. The van der Waals surface area contributed by atoms with E-state index in [1.54, 1.807) is 13.2 Å². The van der Waals surface area contributed by atoms with Crippen LogP contribution in [0, 0.1) is 0 Å². The molecule has 0 unspecified atom stereocenters. The van der Waals surface area contributed by atoms with Crippen LogP contribution in [0.25, 0.3) is 0 Å². The lowest BCUT2D eigenvalue weighted by molar-refractivity contribution is 0.00691. The van der Waals surface area contributed by atoms with Crippen molar-refractivity contribution in [3.05, 3.63) is 29.3 Å². The molecule has 0 saturated heterocycles. The van der Waals surface area contributed by atoms with E-state index in [1.165, 1.54) is 0 Å². The maximum Gasteiger partial charge on any atom is 0.338 e. The maximum absolute atomic E-state index is 11.9. The Bertz CT molecular complexity index is 380. The van der Waals surface area contributed by atoms with Crippen molar-refractivity contribution in [1.29, 1.82) is 0 Å². The molecule has 0 fully saturated rings. The molecule has 0 aliphatic heterocycles. The van der Waals surface area contributed by atoms with E-state index in [1.807, 2.05) is 39.8 Å². The van der Waals surface area contributed by atoms with Gasteiger partial charge in [0, 0.05) is 0 Å². The molecule has 0 aliphatic rings. The van der Waals surface area contributed by atoms with E-state index in [0.717, 1.165) is 12.0 Å². The van der Waals surface area contributed by atoms with Gasteiger partial charge in [0.1, 0.15) is 11.4 Å². The van der Waals surface area contributed by atoms with Crippen molar-refractivity contribution >= 4 is 5.97 Å². The molecule has 0 radical (unpaired) electrons. The van der Waals surface area contributed by atoms with Crippen LogP contribution in [0.1, 0.15) is 43.6 Å². The third-order valence-corrected chi connectivity index (χ3v) is 2.24. The number of rotatable bonds is 3. The molecule has 17 heavy (non-hydrogen) atoms. The van der Waals surface area contributed by atoms with E-state index < -0.39 is 5.60 Å². The lowest BCUT2D eigenvalue weighted by Crippen LogP contribution is -2.24. The predicted molar refractivity (Wildman–Crippen MR) is 67.5 cm³/mol. The lowest BCUT2D eigenvalue weighted by Gasteiger charge is -2.19. The third kappa shape index (κ3) is 4.10. The van der Waals surface area contributed by atoms with Crippen molar-refractivity contribution < 1.29 is 14.3 Å². The van der Waals surface area contributed by atoms with Gasteiger partial charge in [0.15, 0.2) is 0 Å². The van der Waals surface area contributed by atoms with E-state index in [2.05, 4.69) is 0 Å². The number of methoxy groups -OCH3 is 1. The highest BCUT2D eigenvalue weighted by molar-refractivity contribution is 5.90. The Morgan fingerprint density at radius 3 is 2.35 bits per heavy atom. The third-order valence-electron chi connectivity index (χ3n) is 2.24. The number of hydrogen-bond acceptors (Lipinski definition) is 3. The Kier molecular flexibility index (Phi) is 4.16. The van der Waals surface area contributed by atoms with E-state index in [9.17, 15) is 4.79 Å². The molecule has 0 heterocycles. The fraction of sp³-hybridized carbons (Fsp3) is 0.500. The summed E-state index contributed by atoms with van der Waals surface area (Å²) < 4.78 is 10.5. The fourth-order valence-electron chi connectivity index (χ4n) is 1.44. The Labute approximate surface area is 103 Å². The van der Waals surface area contributed by atoms with Crippen LogP contribution in [0.3, 0.4) is 0 Å². The van der Waals surface area contributed by atoms with Crippen molar-refractivity contribution in [3.8, 4) is 5.75 Å². The predicted octanol–water partition coefficient (Wildman–Crippen LogP) is 3.21. The van der Waals surface area contributed by atoms with Crippen molar-refractivity contribution in [1.82, 2.24) is 0 Å². The molecule has 1 aromatic rings. The minimum Gasteiger partial charge on any atom is -0.497 e. The number of aryl methyl sites for hydroxylation is 1. The van der Waals surface area contributed by atoms with Crippen molar-refractivity contribution in [2.45, 2.75) is 39.7 Å². The van der Waals surface area contributed by atoms with Crippen LogP contribution in [0.15, 0.2) is 18.2 Å². The molecule has 1 rings (SSSR count). The summed E-state index contributed by atoms with van der Waals surface area (Å²) in [4.78, 5) is 11.9. The number of ether oxygens (including phenoxy) is 2. The molecule has 0 amide bonds. The van der Waals surface area contributed by atoms with E-state index in [-0.39, 0.29) is 5.97 Å². The molecule has 0 N–H and O–H groups in total. The summed E-state index contributed by atoms with van der Waals surface area (Å²) in [5.41, 5.74) is 1.12. The summed E-state index contributed by atoms with van der Waals surface area (Å²) in [6.07, 6.45) is 0.854. The molecule has 3 heteroatoms. The molecular weight excluding hydrogens is 216 g/mol. The van der Waals surface area contributed by atoms with Gasteiger partial charge in [0.25, 0.3) is 0 Å². The van der Waals surface area contributed by atoms with Crippen LogP contribution in [-0.4, -0.2) is 18.7 Å². The van der Waals surface area contributed by atoms with Crippen LogP contribution < -0.4 is 4.74 Å². The zero-order valence-electron chi connectivity index (χ0n) is 11.2. The molecule has 0 saturated carbocycles. The number of esters is 1. The molecule has 0 bridgehead atoms. The zero-order chi connectivity index (χ0) is 13.1. The Hall–Kier alpha value is -1.51. The second-order valence-corrected chi connectivity index (χ2v) is 4.93. The SMILES string of the molecule is CCc1cc(OC)cc(C(=O)OC(C)(C)C)c1. The first-order valence-electron chi connectivity index (χ1n) is 5.77. The lowest BCUT2D eigenvalue weighted by atomic mass is 10.1. The zero-order valence-corrected chi connectivity index (χ0v) is 11.2. The minimum absolute atomic E-state index is 0.314. The summed E-state index contributed by atoms with van der Waals surface area (Å²) in [6, 6.07) is 5.47. The highest BCUT2D eigenvalue weighted by Gasteiger charge is 2.18. The molecule has 94 valence electrons. The summed E-state index contributed by atoms with van der Waals surface area (Å²) in [7, 11) is 1.59. The molecule has 3 nitrogen and oxygen atoms in total. The highest BCUT2D eigenvalue weighted by Crippen LogP contribution is 2.20. The van der Waals surface area contributed by atoms with Crippen molar-refractivity contribution in [2.24, 2.45) is 0 Å². The molecule has 0 aliphatic carbocycles. The topological polar surface area (TPSA) is 35.5 Å². The summed E-state index contributed by atoms with van der Waals surface area (Å²) in [5, 5.41) is 0. The van der Waals surface area contributed by atoms with Gasteiger partial charge in [-0.2, -0.15) is 0 Å². The second kappa shape index (κ2) is 5.21. The van der Waals surface area contributed by atoms with Gasteiger partial charge in [-0.25, -0.2) is 4.79 Å². The summed E-state index contributed by atoms with van der Waals surface area (Å²) >= 11 is 0. The average Bonchev–Trinajstić information content (AvgIpc) is 2.26. The number of hydrogen-bond donors (Lipinski definition) is 0. The van der Waals surface area contributed by atoms with Crippen LogP contribution in [0.5, 0.6) is 5.75 Å². The van der Waals surface area contributed by atoms with Crippen molar-refractivity contribution in [3.63, 3.8) is 0 Å². The Morgan fingerprint density at radius 2 is 1.88 bits per heavy atom. The van der Waals surface area contributed by atoms with Gasteiger partial charge >= 0.3 is 5.97 Å². The molecule has 0 atom stereocenters. The van der Waals surface area contributed by atoms with Crippen LogP contribution in [0.2, 0.25) is 0 Å². The molecular formula is C14H20O3. The smallest absolute Gasteiger partial charge is 0.338 e. The van der Waals surface area contributed by atoms with E-state index in [4.69, 9.17) is 9.47 Å². The molecule has 1 aromatic carbocycles. The number of carbonyl (C=O) groups excluding carboxylic acids is 1. The highest BCUT2D eigenvalue weighted by atomic mass is 16.6. The molecule has 0 spiro atoms. The van der Waals surface area contributed by atoms with Gasteiger partial charge in [0.05, 0.1) is 12.7 Å². The van der Waals surface area contributed by atoms with Gasteiger partial charge in [-0.1, -0.05) is 6.92 Å². The van der Waals surface area contributed by atoms with E-state index >= 15 is 0 Å². The largest absolute Gasteiger partial charge is 0.497 e. The van der Waals surface area contributed by atoms with Gasteiger partial charge in [-0.3, -0.25) is 0 Å². The second-order valence-electron chi connectivity index (χ2n) is 4.93. The first-order valence-corrected chi connectivity index (χ1v) is 5.77. The quantitative estimate of drug-likeness (QED) is 0.756. The Morgan fingerprint density at radius 1 is 1.24 bits per heavy atom. The van der Waals surface area contributed by atoms with Gasteiger partial charge < -0.3 is 9.47 Å².